The minimum atomic E-state index is 0.182. The zero-order valence-corrected chi connectivity index (χ0v) is 13.2. The molecular weight excluding hydrogens is 284 g/mol. The molecule has 0 bridgehead atoms. The zero-order chi connectivity index (χ0) is 15.2. The third-order valence-corrected chi connectivity index (χ3v) is 3.81. The summed E-state index contributed by atoms with van der Waals surface area (Å²) in [5, 5.41) is 0.765. The van der Waals surface area contributed by atoms with Crippen molar-refractivity contribution < 1.29 is 4.74 Å². The van der Waals surface area contributed by atoms with Crippen LogP contribution in [-0.2, 0) is 12.8 Å². The number of hydrogen-bond donors (Lipinski definition) is 1. The van der Waals surface area contributed by atoms with Crippen molar-refractivity contribution in [3.63, 3.8) is 0 Å². The van der Waals surface area contributed by atoms with Gasteiger partial charge in [-0.1, -0.05) is 31.5 Å². The van der Waals surface area contributed by atoms with Crippen molar-refractivity contribution in [3.8, 4) is 11.6 Å². The molecule has 3 nitrogen and oxygen atoms in total. The quantitative estimate of drug-likeness (QED) is 0.862. The van der Waals surface area contributed by atoms with Gasteiger partial charge in [-0.25, -0.2) is 4.98 Å². The van der Waals surface area contributed by atoms with Crippen LogP contribution in [0.4, 0.5) is 0 Å². The minimum Gasteiger partial charge on any atom is -0.439 e. The number of aryl methyl sites for hydroxylation is 1. The van der Waals surface area contributed by atoms with E-state index in [0.717, 1.165) is 41.2 Å². The number of halogens is 1. The molecule has 0 aliphatic carbocycles. The van der Waals surface area contributed by atoms with Gasteiger partial charge in [-0.15, -0.1) is 0 Å². The molecule has 2 aromatic rings. The highest BCUT2D eigenvalue weighted by Gasteiger charge is 2.05. The van der Waals surface area contributed by atoms with Gasteiger partial charge in [0.25, 0.3) is 0 Å². The maximum absolute atomic E-state index is 6.10. The fourth-order valence-corrected chi connectivity index (χ4v) is 2.30. The van der Waals surface area contributed by atoms with Gasteiger partial charge in [-0.2, -0.15) is 0 Å². The molecule has 0 aliphatic heterocycles. The second-order valence-corrected chi connectivity index (χ2v) is 5.49. The molecule has 112 valence electrons. The number of nitrogens with two attached hydrogens (primary N) is 1. The summed E-state index contributed by atoms with van der Waals surface area (Å²) in [4.78, 5) is 4.33. The molecule has 21 heavy (non-hydrogen) atoms. The van der Waals surface area contributed by atoms with Crippen molar-refractivity contribution in [2.45, 2.75) is 39.2 Å². The van der Waals surface area contributed by atoms with Crippen LogP contribution in [0, 0.1) is 0 Å². The third kappa shape index (κ3) is 4.45. The lowest BCUT2D eigenvalue weighted by atomic mass is 10.1. The van der Waals surface area contributed by atoms with Crippen molar-refractivity contribution in [3.05, 3.63) is 52.7 Å². The Bertz CT molecular complexity index is 584. The molecule has 0 radical (unpaired) electrons. The van der Waals surface area contributed by atoms with Crippen LogP contribution in [0.1, 0.15) is 31.4 Å². The molecule has 1 heterocycles. The van der Waals surface area contributed by atoms with E-state index in [2.05, 4.69) is 18.8 Å². The van der Waals surface area contributed by atoms with Gasteiger partial charge in [0, 0.05) is 23.3 Å². The van der Waals surface area contributed by atoms with Crippen LogP contribution >= 0.6 is 11.6 Å². The highest BCUT2D eigenvalue weighted by Crippen LogP contribution is 2.25. The molecule has 0 saturated heterocycles. The molecular formula is C17H21ClN2O. The number of rotatable bonds is 6. The number of aromatic nitrogens is 1. The molecule has 2 rings (SSSR count). The van der Waals surface area contributed by atoms with Gasteiger partial charge in [-0.3, -0.25) is 0 Å². The second-order valence-electron chi connectivity index (χ2n) is 5.09. The topological polar surface area (TPSA) is 48.1 Å². The van der Waals surface area contributed by atoms with Crippen molar-refractivity contribution >= 4 is 11.6 Å². The number of ether oxygens (including phenoxy) is 1. The molecule has 1 atom stereocenters. The predicted octanol–water partition coefficient (Wildman–Crippen LogP) is 4.37. The van der Waals surface area contributed by atoms with Crippen LogP contribution in [0.15, 0.2) is 36.5 Å². The van der Waals surface area contributed by atoms with Crippen LogP contribution in [-0.4, -0.2) is 11.0 Å². The summed E-state index contributed by atoms with van der Waals surface area (Å²) in [6, 6.07) is 9.72. The van der Waals surface area contributed by atoms with Crippen molar-refractivity contribution in [2.75, 3.05) is 0 Å². The first kappa shape index (κ1) is 15.8. The Kier molecular flexibility index (Phi) is 5.59. The molecule has 0 amide bonds. The molecule has 0 spiro atoms. The van der Waals surface area contributed by atoms with Gasteiger partial charge in [0.15, 0.2) is 0 Å². The number of nitrogens with zero attached hydrogens (tertiary/aromatic N) is 1. The van der Waals surface area contributed by atoms with Crippen molar-refractivity contribution in [1.29, 1.82) is 0 Å². The van der Waals surface area contributed by atoms with E-state index in [1.165, 1.54) is 0 Å². The highest BCUT2D eigenvalue weighted by molar-refractivity contribution is 6.31. The maximum Gasteiger partial charge on any atom is 0.219 e. The molecule has 1 aromatic carbocycles. The molecule has 1 unspecified atom stereocenters. The Balaban J connectivity index is 2.06. The predicted molar refractivity (Wildman–Crippen MR) is 87.1 cm³/mol. The maximum atomic E-state index is 6.10. The monoisotopic (exact) mass is 304 g/mol. The second kappa shape index (κ2) is 7.43. The average molecular weight is 305 g/mol. The number of pyridine rings is 1. The summed E-state index contributed by atoms with van der Waals surface area (Å²) < 4.78 is 5.76. The summed E-state index contributed by atoms with van der Waals surface area (Å²) in [6.45, 7) is 4.15. The normalized spacial score (nSPS) is 12.2. The van der Waals surface area contributed by atoms with Crippen molar-refractivity contribution in [2.24, 2.45) is 5.73 Å². The first-order valence-corrected chi connectivity index (χ1v) is 7.67. The van der Waals surface area contributed by atoms with Crippen LogP contribution in [0.3, 0.4) is 0 Å². The molecule has 0 fully saturated rings. The fourth-order valence-electron chi connectivity index (χ4n) is 2.05. The molecule has 0 saturated carbocycles. The van der Waals surface area contributed by atoms with E-state index >= 15 is 0 Å². The Morgan fingerprint density at radius 2 is 2.05 bits per heavy atom. The largest absolute Gasteiger partial charge is 0.439 e. The fraction of sp³-hybridized carbons (Fsp3) is 0.353. The molecule has 4 heteroatoms. The van der Waals surface area contributed by atoms with E-state index in [0.29, 0.717) is 5.88 Å². The molecule has 1 aromatic heterocycles. The summed E-state index contributed by atoms with van der Waals surface area (Å²) in [6.07, 6.45) is 4.49. The Labute approximate surface area is 131 Å². The Hall–Kier alpha value is -1.58. The third-order valence-electron chi connectivity index (χ3n) is 3.44. The number of hydrogen-bond acceptors (Lipinski definition) is 3. The van der Waals surface area contributed by atoms with Gasteiger partial charge >= 0.3 is 0 Å². The first-order chi connectivity index (χ1) is 10.1. The lowest BCUT2D eigenvalue weighted by Crippen LogP contribution is -2.21. The van der Waals surface area contributed by atoms with Gasteiger partial charge in [0.05, 0.1) is 0 Å². The van der Waals surface area contributed by atoms with E-state index in [1.807, 2.05) is 36.5 Å². The van der Waals surface area contributed by atoms with Gasteiger partial charge in [0.2, 0.25) is 5.88 Å². The van der Waals surface area contributed by atoms with Crippen LogP contribution < -0.4 is 10.5 Å². The van der Waals surface area contributed by atoms with E-state index < -0.39 is 0 Å². The summed E-state index contributed by atoms with van der Waals surface area (Å²) >= 11 is 6.10. The van der Waals surface area contributed by atoms with E-state index in [9.17, 15) is 0 Å². The van der Waals surface area contributed by atoms with Gasteiger partial charge < -0.3 is 10.5 Å². The lowest BCUT2D eigenvalue weighted by Gasteiger charge is -2.10. The summed E-state index contributed by atoms with van der Waals surface area (Å²) in [5.41, 5.74) is 8.14. The SMILES string of the molecule is CCc1cc(Oc2ccc(CC(N)CC)cn2)ccc1Cl. The lowest BCUT2D eigenvalue weighted by molar-refractivity contribution is 0.461. The van der Waals surface area contributed by atoms with Gasteiger partial charge in [-0.05, 0) is 48.6 Å². The molecule has 0 aliphatic rings. The Morgan fingerprint density at radius 1 is 1.24 bits per heavy atom. The van der Waals surface area contributed by atoms with Crippen LogP contribution in [0.5, 0.6) is 11.6 Å². The van der Waals surface area contributed by atoms with E-state index in [-0.39, 0.29) is 6.04 Å². The minimum absolute atomic E-state index is 0.182. The standard InChI is InChI=1S/C17H21ClN2O/c1-3-13-10-15(6-7-16(13)18)21-17-8-5-12(11-20-17)9-14(19)4-2/h5-8,10-11,14H,3-4,9,19H2,1-2H3. The molecule has 2 N–H and O–H groups in total. The van der Waals surface area contributed by atoms with E-state index in [1.54, 1.807) is 0 Å². The average Bonchev–Trinajstić information content (AvgIpc) is 2.51. The highest BCUT2D eigenvalue weighted by atomic mass is 35.5. The summed E-state index contributed by atoms with van der Waals surface area (Å²) in [7, 11) is 0. The van der Waals surface area contributed by atoms with Crippen LogP contribution in [0.25, 0.3) is 0 Å². The van der Waals surface area contributed by atoms with E-state index in [4.69, 9.17) is 22.1 Å². The zero-order valence-electron chi connectivity index (χ0n) is 12.5. The van der Waals surface area contributed by atoms with Gasteiger partial charge in [0.1, 0.15) is 5.75 Å². The first-order valence-electron chi connectivity index (χ1n) is 7.29. The number of benzene rings is 1. The van der Waals surface area contributed by atoms with Crippen molar-refractivity contribution in [1.82, 2.24) is 4.98 Å². The summed E-state index contributed by atoms with van der Waals surface area (Å²) in [5.74, 6) is 1.33. The van der Waals surface area contributed by atoms with Crippen LogP contribution in [0.2, 0.25) is 5.02 Å². The smallest absolute Gasteiger partial charge is 0.219 e. The Morgan fingerprint density at radius 3 is 2.67 bits per heavy atom.